The Morgan fingerprint density at radius 2 is 2.14 bits per heavy atom. The summed E-state index contributed by atoms with van der Waals surface area (Å²) in [7, 11) is 0. The molecule has 2 heterocycles. The van der Waals surface area contributed by atoms with Crippen molar-refractivity contribution < 1.29 is 4.79 Å². The number of aryl methyl sites for hydroxylation is 1. The first-order chi connectivity index (χ1) is 10.6. The van der Waals surface area contributed by atoms with Gasteiger partial charge in [0.15, 0.2) is 0 Å². The number of carbonyl (C=O) groups is 1. The third kappa shape index (κ3) is 2.76. The molecule has 0 aliphatic carbocycles. The molecule has 2 atom stereocenters. The van der Waals surface area contributed by atoms with Crippen LogP contribution >= 0.6 is 0 Å². The van der Waals surface area contributed by atoms with Crippen LogP contribution in [0.25, 0.3) is 5.69 Å². The van der Waals surface area contributed by atoms with E-state index in [1.54, 1.807) is 10.9 Å². The summed E-state index contributed by atoms with van der Waals surface area (Å²) in [5.41, 5.74) is 8.72. The lowest BCUT2D eigenvalue weighted by atomic mass is 9.98. The number of rotatable bonds is 2. The number of hydrogen-bond acceptors (Lipinski definition) is 3. The first-order valence-corrected chi connectivity index (χ1v) is 7.73. The zero-order chi connectivity index (χ0) is 15.7. The minimum atomic E-state index is 0.0410. The number of para-hydroxylation sites is 1. The molecule has 116 valence electrons. The lowest BCUT2D eigenvalue weighted by molar-refractivity contribution is 0.0619. The summed E-state index contributed by atoms with van der Waals surface area (Å²) in [5, 5.41) is 4.35. The van der Waals surface area contributed by atoms with Gasteiger partial charge in [0.2, 0.25) is 0 Å². The minimum Gasteiger partial charge on any atom is -0.336 e. The Hall–Kier alpha value is -2.14. The highest BCUT2D eigenvalue weighted by molar-refractivity contribution is 5.94. The molecule has 1 aromatic heterocycles. The molecule has 1 aliphatic heterocycles. The standard InChI is InChI=1S/C17H22N4O/c1-12-5-3-4-6-16(12)21-11-14(10-19-21)17(22)20-8-7-15(18)9-13(20)2/h3-6,10-11,13,15H,7-9,18H2,1-2H3/t13-,15+/m1/s1. The van der Waals surface area contributed by atoms with Gasteiger partial charge in [-0.2, -0.15) is 5.10 Å². The normalized spacial score (nSPS) is 21.9. The van der Waals surface area contributed by atoms with E-state index in [0.29, 0.717) is 5.56 Å². The van der Waals surface area contributed by atoms with Gasteiger partial charge in [0, 0.05) is 24.8 Å². The third-order valence-corrected chi connectivity index (χ3v) is 4.37. The second-order valence-electron chi connectivity index (χ2n) is 6.09. The second-order valence-corrected chi connectivity index (χ2v) is 6.09. The van der Waals surface area contributed by atoms with Gasteiger partial charge in [-0.15, -0.1) is 0 Å². The Morgan fingerprint density at radius 3 is 2.86 bits per heavy atom. The highest BCUT2D eigenvalue weighted by atomic mass is 16.2. The van der Waals surface area contributed by atoms with E-state index in [2.05, 4.69) is 12.0 Å². The number of aromatic nitrogens is 2. The summed E-state index contributed by atoms with van der Waals surface area (Å²) in [6.07, 6.45) is 5.18. The van der Waals surface area contributed by atoms with Gasteiger partial charge in [0.05, 0.1) is 17.4 Å². The Bertz CT molecular complexity index is 679. The molecule has 0 bridgehead atoms. The van der Waals surface area contributed by atoms with E-state index in [4.69, 9.17) is 5.73 Å². The molecule has 0 spiro atoms. The molecule has 3 rings (SSSR count). The van der Waals surface area contributed by atoms with Crippen LogP contribution < -0.4 is 5.73 Å². The van der Waals surface area contributed by atoms with Gasteiger partial charge in [-0.25, -0.2) is 4.68 Å². The molecule has 5 heteroatoms. The third-order valence-electron chi connectivity index (χ3n) is 4.37. The van der Waals surface area contributed by atoms with E-state index < -0.39 is 0 Å². The van der Waals surface area contributed by atoms with Crippen LogP contribution in [0, 0.1) is 6.92 Å². The van der Waals surface area contributed by atoms with Crippen molar-refractivity contribution in [3.05, 3.63) is 47.8 Å². The molecular formula is C17H22N4O. The minimum absolute atomic E-state index is 0.0410. The SMILES string of the molecule is Cc1ccccc1-n1cc(C(=O)N2CC[C@H](N)C[C@H]2C)cn1. The largest absolute Gasteiger partial charge is 0.336 e. The molecule has 1 aliphatic rings. The molecule has 1 aromatic carbocycles. The van der Waals surface area contributed by atoms with Crippen molar-refractivity contribution in [2.45, 2.75) is 38.8 Å². The maximum Gasteiger partial charge on any atom is 0.257 e. The topological polar surface area (TPSA) is 64.2 Å². The average Bonchev–Trinajstić information content (AvgIpc) is 2.97. The summed E-state index contributed by atoms with van der Waals surface area (Å²) in [6, 6.07) is 8.38. The average molecular weight is 298 g/mol. The van der Waals surface area contributed by atoms with Crippen LogP contribution in [0.5, 0.6) is 0 Å². The summed E-state index contributed by atoms with van der Waals surface area (Å²) >= 11 is 0. The highest BCUT2D eigenvalue weighted by Gasteiger charge is 2.28. The number of nitrogens with two attached hydrogens (primary N) is 1. The molecule has 0 unspecified atom stereocenters. The van der Waals surface area contributed by atoms with E-state index in [1.807, 2.05) is 42.3 Å². The molecule has 5 nitrogen and oxygen atoms in total. The fourth-order valence-corrected chi connectivity index (χ4v) is 3.06. The van der Waals surface area contributed by atoms with Crippen LogP contribution in [0.1, 0.15) is 35.7 Å². The second kappa shape index (κ2) is 5.93. The predicted molar refractivity (Wildman–Crippen MR) is 86.0 cm³/mol. The van der Waals surface area contributed by atoms with Crippen molar-refractivity contribution in [2.75, 3.05) is 6.54 Å². The zero-order valence-electron chi connectivity index (χ0n) is 13.1. The van der Waals surface area contributed by atoms with Gasteiger partial charge in [-0.05, 0) is 38.3 Å². The number of carbonyl (C=O) groups excluding carboxylic acids is 1. The van der Waals surface area contributed by atoms with Gasteiger partial charge >= 0.3 is 0 Å². The van der Waals surface area contributed by atoms with Crippen LogP contribution in [0.4, 0.5) is 0 Å². The van der Waals surface area contributed by atoms with Crippen LogP contribution in [-0.2, 0) is 0 Å². The number of benzene rings is 1. The fraction of sp³-hybridized carbons (Fsp3) is 0.412. The van der Waals surface area contributed by atoms with Crippen LogP contribution in [0.2, 0.25) is 0 Å². The molecule has 0 radical (unpaired) electrons. The predicted octanol–water partition coefficient (Wildman–Crippen LogP) is 2.13. The van der Waals surface area contributed by atoms with Crippen LogP contribution in [0.15, 0.2) is 36.7 Å². The van der Waals surface area contributed by atoms with Crippen molar-refractivity contribution >= 4 is 5.91 Å². The Balaban J connectivity index is 1.82. The number of nitrogens with zero attached hydrogens (tertiary/aromatic N) is 3. The Morgan fingerprint density at radius 1 is 1.36 bits per heavy atom. The van der Waals surface area contributed by atoms with E-state index in [0.717, 1.165) is 30.6 Å². The van der Waals surface area contributed by atoms with Crippen molar-refractivity contribution in [1.82, 2.24) is 14.7 Å². The summed E-state index contributed by atoms with van der Waals surface area (Å²) < 4.78 is 1.77. The molecular weight excluding hydrogens is 276 g/mol. The number of amides is 1. The Labute approximate surface area is 130 Å². The van der Waals surface area contributed by atoms with Crippen molar-refractivity contribution in [1.29, 1.82) is 0 Å². The quantitative estimate of drug-likeness (QED) is 0.924. The van der Waals surface area contributed by atoms with E-state index in [9.17, 15) is 4.79 Å². The van der Waals surface area contributed by atoms with Crippen LogP contribution in [-0.4, -0.2) is 39.2 Å². The number of piperidine rings is 1. The molecule has 22 heavy (non-hydrogen) atoms. The summed E-state index contributed by atoms with van der Waals surface area (Å²) in [6.45, 7) is 4.81. The van der Waals surface area contributed by atoms with Gasteiger partial charge in [-0.1, -0.05) is 18.2 Å². The van der Waals surface area contributed by atoms with Crippen molar-refractivity contribution in [3.8, 4) is 5.69 Å². The maximum absolute atomic E-state index is 12.7. The molecule has 2 N–H and O–H groups in total. The Kier molecular flexibility index (Phi) is 3.98. The first kappa shape index (κ1) is 14.8. The van der Waals surface area contributed by atoms with Crippen LogP contribution in [0.3, 0.4) is 0 Å². The molecule has 2 aromatic rings. The van der Waals surface area contributed by atoms with E-state index >= 15 is 0 Å². The van der Waals surface area contributed by atoms with Gasteiger partial charge in [0.1, 0.15) is 0 Å². The smallest absolute Gasteiger partial charge is 0.257 e. The van der Waals surface area contributed by atoms with Gasteiger partial charge in [-0.3, -0.25) is 4.79 Å². The van der Waals surface area contributed by atoms with Gasteiger partial charge in [0.25, 0.3) is 5.91 Å². The van der Waals surface area contributed by atoms with Crippen molar-refractivity contribution in [3.63, 3.8) is 0 Å². The number of hydrogen-bond donors (Lipinski definition) is 1. The number of likely N-dealkylation sites (tertiary alicyclic amines) is 1. The first-order valence-electron chi connectivity index (χ1n) is 7.73. The highest BCUT2D eigenvalue weighted by Crippen LogP contribution is 2.20. The lowest BCUT2D eigenvalue weighted by Crippen LogP contribution is -2.48. The van der Waals surface area contributed by atoms with E-state index in [1.165, 1.54) is 0 Å². The van der Waals surface area contributed by atoms with Gasteiger partial charge < -0.3 is 10.6 Å². The van der Waals surface area contributed by atoms with Crippen molar-refractivity contribution in [2.24, 2.45) is 5.73 Å². The molecule has 1 amide bonds. The van der Waals surface area contributed by atoms with E-state index in [-0.39, 0.29) is 18.0 Å². The fourth-order valence-electron chi connectivity index (χ4n) is 3.06. The maximum atomic E-state index is 12.7. The zero-order valence-corrected chi connectivity index (χ0v) is 13.1. The molecule has 0 saturated carbocycles. The molecule has 1 fully saturated rings. The summed E-state index contributed by atoms with van der Waals surface area (Å²) in [4.78, 5) is 14.6. The summed E-state index contributed by atoms with van der Waals surface area (Å²) in [5.74, 6) is 0.0410. The molecule has 1 saturated heterocycles. The lowest BCUT2D eigenvalue weighted by Gasteiger charge is -2.36. The monoisotopic (exact) mass is 298 g/mol.